The van der Waals surface area contributed by atoms with Crippen molar-refractivity contribution in [3.05, 3.63) is 39.5 Å². The van der Waals surface area contributed by atoms with Gasteiger partial charge in [-0.3, -0.25) is 0 Å². The standard InChI is InChI=1S/C22H33BrO3Si/c1-7-16(13-23)9-10-18-17(8-2)15(3)19-14-26-22(24)20(19)21(18)25-11-12-27(4,5)6/h9H,7-8,10-14H2,1-6H3/b16-9+. The van der Waals surface area contributed by atoms with Gasteiger partial charge in [0.05, 0.1) is 6.61 Å². The minimum atomic E-state index is -1.21. The Balaban J connectivity index is 2.53. The first-order valence-corrected chi connectivity index (χ1v) is 14.8. The SMILES string of the molecule is CC/C(=C\Cc1c(CC)c(C)c2c(c1OCC[Si](C)(C)C)C(=O)OC2)CBr. The third kappa shape index (κ3) is 5.26. The summed E-state index contributed by atoms with van der Waals surface area (Å²) >= 11 is 3.57. The molecule has 27 heavy (non-hydrogen) atoms. The van der Waals surface area contributed by atoms with Gasteiger partial charge in [-0.2, -0.15) is 0 Å². The van der Waals surface area contributed by atoms with Gasteiger partial charge < -0.3 is 9.47 Å². The molecule has 1 aromatic carbocycles. The van der Waals surface area contributed by atoms with Crippen LogP contribution in [0.4, 0.5) is 0 Å². The molecule has 0 aromatic heterocycles. The van der Waals surface area contributed by atoms with Crippen molar-refractivity contribution in [2.75, 3.05) is 11.9 Å². The second-order valence-corrected chi connectivity index (χ2v) is 14.6. The van der Waals surface area contributed by atoms with Crippen LogP contribution in [-0.2, 0) is 24.2 Å². The average Bonchev–Trinajstić information content (AvgIpc) is 2.99. The first-order chi connectivity index (χ1) is 12.7. The Kier molecular flexibility index (Phi) is 7.75. The predicted octanol–water partition coefficient (Wildman–Crippen LogP) is 6.22. The van der Waals surface area contributed by atoms with Crippen LogP contribution in [0.3, 0.4) is 0 Å². The maximum Gasteiger partial charge on any atom is 0.342 e. The van der Waals surface area contributed by atoms with Gasteiger partial charge in [-0.05, 0) is 43.4 Å². The van der Waals surface area contributed by atoms with Crippen molar-refractivity contribution in [3.8, 4) is 5.75 Å². The summed E-state index contributed by atoms with van der Waals surface area (Å²) in [6, 6.07) is 1.07. The molecule has 0 radical (unpaired) electrons. The van der Waals surface area contributed by atoms with Crippen LogP contribution < -0.4 is 4.74 Å². The molecule has 1 aliphatic heterocycles. The number of hydrogen-bond donors (Lipinski definition) is 0. The van der Waals surface area contributed by atoms with E-state index in [-0.39, 0.29) is 5.97 Å². The lowest BCUT2D eigenvalue weighted by Crippen LogP contribution is -2.23. The third-order valence-electron chi connectivity index (χ3n) is 5.30. The van der Waals surface area contributed by atoms with Crippen LogP contribution >= 0.6 is 15.9 Å². The first-order valence-electron chi connectivity index (χ1n) is 9.94. The smallest absolute Gasteiger partial charge is 0.342 e. The maximum atomic E-state index is 12.5. The summed E-state index contributed by atoms with van der Waals surface area (Å²) in [5, 5.41) is 0.878. The quantitative estimate of drug-likeness (QED) is 0.193. The molecule has 0 saturated heterocycles. The van der Waals surface area contributed by atoms with Gasteiger partial charge in [0, 0.05) is 24.5 Å². The van der Waals surface area contributed by atoms with Gasteiger partial charge in [0.15, 0.2) is 0 Å². The topological polar surface area (TPSA) is 35.5 Å². The summed E-state index contributed by atoms with van der Waals surface area (Å²) in [6.07, 6.45) is 5.02. The normalized spacial score (nSPS) is 14.3. The van der Waals surface area contributed by atoms with Crippen molar-refractivity contribution in [2.24, 2.45) is 0 Å². The molecule has 1 aliphatic rings. The largest absolute Gasteiger partial charge is 0.493 e. The number of rotatable bonds is 9. The molecule has 0 aliphatic carbocycles. The molecule has 5 heteroatoms. The average molecular weight is 453 g/mol. The lowest BCUT2D eigenvalue weighted by atomic mass is 9.89. The third-order valence-corrected chi connectivity index (χ3v) is 7.72. The number of alkyl halides is 1. The number of benzene rings is 1. The van der Waals surface area contributed by atoms with Crippen LogP contribution in [0.15, 0.2) is 11.6 Å². The maximum absolute atomic E-state index is 12.5. The van der Waals surface area contributed by atoms with E-state index in [1.807, 2.05) is 0 Å². The molecule has 0 spiro atoms. The summed E-state index contributed by atoms with van der Waals surface area (Å²) in [4.78, 5) is 12.5. The molecule has 0 fully saturated rings. The van der Waals surface area contributed by atoms with E-state index in [1.165, 1.54) is 16.7 Å². The van der Waals surface area contributed by atoms with E-state index in [0.29, 0.717) is 18.8 Å². The summed E-state index contributed by atoms with van der Waals surface area (Å²) < 4.78 is 11.7. The molecule has 150 valence electrons. The number of carbonyl (C=O) groups excluding carboxylic acids is 1. The number of fused-ring (bicyclic) bond motifs is 1. The van der Waals surface area contributed by atoms with Crippen molar-refractivity contribution in [1.82, 2.24) is 0 Å². The molecule has 0 atom stereocenters. The molecule has 1 aromatic rings. The van der Waals surface area contributed by atoms with Gasteiger partial charge in [-0.15, -0.1) is 0 Å². The molecule has 0 N–H and O–H groups in total. The molecule has 3 nitrogen and oxygen atoms in total. The highest BCUT2D eigenvalue weighted by Gasteiger charge is 2.32. The zero-order valence-electron chi connectivity index (χ0n) is 17.6. The monoisotopic (exact) mass is 452 g/mol. The van der Waals surface area contributed by atoms with E-state index >= 15 is 0 Å². The van der Waals surface area contributed by atoms with Crippen LogP contribution in [-0.4, -0.2) is 26.0 Å². The van der Waals surface area contributed by atoms with Crippen molar-refractivity contribution in [2.45, 2.75) is 72.3 Å². The number of hydrogen-bond acceptors (Lipinski definition) is 3. The fourth-order valence-corrected chi connectivity index (χ4v) is 4.82. The molecule has 2 rings (SSSR count). The molecule has 1 heterocycles. The summed E-state index contributed by atoms with van der Waals surface area (Å²) in [5.74, 6) is 0.537. The Morgan fingerprint density at radius 3 is 2.52 bits per heavy atom. The number of halogens is 1. The number of carbonyl (C=O) groups is 1. The molecule has 0 amide bonds. The van der Waals surface area contributed by atoms with Gasteiger partial charge in [0.25, 0.3) is 0 Å². The van der Waals surface area contributed by atoms with E-state index < -0.39 is 8.07 Å². The number of allylic oxidation sites excluding steroid dienone is 2. The minimum absolute atomic E-state index is 0.236. The Morgan fingerprint density at radius 1 is 1.26 bits per heavy atom. The van der Waals surface area contributed by atoms with E-state index in [1.54, 1.807) is 0 Å². The molecular weight excluding hydrogens is 420 g/mol. The Morgan fingerprint density at radius 2 is 1.96 bits per heavy atom. The van der Waals surface area contributed by atoms with Crippen molar-refractivity contribution < 1.29 is 14.3 Å². The van der Waals surface area contributed by atoms with E-state index in [0.717, 1.165) is 47.5 Å². The predicted molar refractivity (Wildman–Crippen MR) is 119 cm³/mol. The van der Waals surface area contributed by atoms with E-state index in [2.05, 4.69) is 62.4 Å². The fraction of sp³-hybridized carbons (Fsp3) is 0.591. The number of cyclic esters (lactones) is 1. The Bertz CT molecular complexity index is 726. The Labute approximate surface area is 173 Å². The highest BCUT2D eigenvalue weighted by Crippen LogP contribution is 2.39. The van der Waals surface area contributed by atoms with Gasteiger partial charge >= 0.3 is 5.97 Å². The fourth-order valence-electron chi connectivity index (χ4n) is 3.48. The minimum Gasteiger partial charge on any atom is -0.493 e. The van der Waals surface area contributed by atoms with Crippen LogP contribution in [0.25, 0.3) is 0 Å². The highest BCUT2D eigenvalue weighted by molar-refractivity contribution is 9.09. The van der Waals surface area contributed by atoms with Gasteiger partial charge in [0.2, 0.25) is 0 Å². The zero-order valence-corrected chi connectivity index (χ0v) is 20.2. The Hall–Kier alpha value is -1.07. The second kappa shape index (κ2) is 9.42. The zero-order chi connectivity index (χ0) is 20.2. The number of ether oxygens (including phenoxy) is 2. The molecular formula is C22H33BrO3Si. The van der Waals surface area contributed by atoms with E-state index in [9.17, 15) is 4.79 Å². The van der Waals surface area contributed by atoms with Crippen molar-refractivity contribution in [3.63, 3.8) is 0 Å². The summed E-state index contributed by atoms with van der Waals surface area (Å²) in [5.41, 5.74) is 6.71. The number of esters is 1. The first kappa shape index (κ1) is 22.2. The second-order valence-electron chi connectivity index (χ2n) is 8.41. The highest BCUT2D eigenvalue weighted by atomic mass is 79.9. The van der Waals surface area contributed by atoms with Crippen molar-refractivity contribution in [1.29, 1.82) is 0 Å². The van der Waals surface area contributed by atoms with Gasteiger partial charge in [-0.25, -0.2) is 4.79 Å². The molecule has 0 saturated carbocycles. The van der Waals surface area contributed by atoms with Crippen molar-refractivity contribution >= 4 is 30.0 Å². The van der Waals surface area contributed by atoms with Gasteiger partial charge in [0.1, 0.15) is 17.9 Å². The van der Waals surface area contributed by atoms with Crippen LogP contribution in [0.5, 0.6) is 5.75 Å². The lowest BCUT2D eigenvalue weighted by Gasteiger charge is -2.22. The summed E-state index contributed by atoms with van der Waals surface area (Å²) in [6.45, 7) is 14.5. The molecule has 0 bridgehead atoms. The van der Waals surface area contributed by atoms with Crippen LogP contribution in [0.1, 0.15) is 52.9 Å². The van der Waals surface area contributed by atoms with Crippen LogP contribution in [0.2, 0.25) is 25.7 Å². The summed E-state index contributed by atoms with van der Waals surface area (Å²) in [7, 11) is -1.21. The van der Waals surface area contributed by atoms with E-state index in [4.69, 9.17) is 9.47 Å². The lowest BCUT2D eigenvalue weighted by molar-refractivity contribution is 0.0532. The van der Waals surface area contributed by atoms with Gasteiger partial charge in [-0.1, -0.05) is 61.1 Å². The van der Waals surface area contributed by atoms with Crippen LogP contribution in [0, 0.1) is 6.92 Å². The molecule has 0 unspecified atom stereocenters.